The molecule has 2 unspecified atom stereocenters. The lowest BCUT2D eigenvalue weighted by Crippen LogP contribution is -2.54. The molecule has 1 saturated heterocycles. The lowest BCUT2D eigenvalue weighted by molar-refractivity contribution is -0.149. The predicted octanol–water partition coefficient (Wildman–Crippen LogP) is 5.21. The van der Waals surface area contributed by atoms with Crippen LogP contribution in [0.3, 0.4) is 0 Å². The lowest BCUT2D eigenvalue weighted by atomic mass is 9.81. The van der Waals surface area contributed by atoms with E-state index in [1.807, 2.05) is 54.6 Å². The van der Waals surface area contributed by atoms with Crippen molar-refractivity contribution in [3.05, 3.63) is 95.6 Å². The Hall–Kier alpha value is -4.17. The normalized spacial score (nSPS) is 22.1. The molecule has 3 aromatic carbocycles. The van der Waals surface area contributed by atoms with E-state index in [-0.39, 0.29) is 37.5 Å². The Morgan fingerprint density at radius 1 is 0.976 bits per heavy atom. The van der Waals surface area contributed by atoms with Crippen LogP contribution in [0.4, 0.5) is 4.79 Å². The fourth-order valence-electron chi connectivity index (χ4n) is 7.05. The molecule has 6 rings (SSSR count). The van der Waals surface area contributed by atoms with Crippen LogP contribution in [0.15, 0.2) is 78.9 Å². The van der Waals surface area contributed by atoms with Gasteiger partial charge in [-0.1, -0.05) is 85.3 Å². The van der Waals surface area contributed by atoms with Crippen molar-refractivity contribution >= 4 is 18.0 Å². The summed E-state index contributed by atoms with van der Waals surface area (Å²) in [6.45, 7) is 2.63. The van der Waals surface area contributed by atoms with Crippen LogP contribution in [0.25, 0.3) is 11.1 Å². The Morgan fingerprint density at radius 3 is 2.26 bits per heavy atom. The zero-order valence-electron chi connectivity index (χ0n) is 23.7. The Bertz CT molecular complexity index is 1430. The maximum absolute atomic E-state index is 13.9. The monoisotopic (exact) mass is 568 g/mol. The van der Waals surface area contributed by atoms with E-state index in [2.05, 4.69) is 29.6 Å². The van der Waals surface area contributed by atoms with Gasteiger partial charge in [0.2, 0.25) is 5.91 Å². The van der Waals surface area contributed by atoms with Gasteiger partial charge in [-0.25, -0.2) is 4.79 Å². The number of hydrogen-bond donors (Lipinski definition) is 2. The predicted molar refractivity (Wildman–Crippen MR) is 157 cm³/mol. The molecule has 2 aliphatic carbocycles. The minimum Gasteiger partial charge on any atom is -0.481 e. The van der Waals surface area contributed by atoms with E-state index in [4.69, 9.17) is 9.47 Å². The molecule has 0 radical (unpaired) electrons. The van der Waals surface area contributed by atoms with Crippen LogP contribution >= 0.6 is 0 Å². The highest BCUT2D eigenvalue weighted by Crippen LogP contribution is 2.49. The minimum atomic E-state index is -1.03. The second kappa shape index (κ2) is 11.6. The molecule has 8 nitrogen and oxygen atoms in total. The number of carbonyl (C=O) groups is 3. The first-order valence-corrected chi connectivity index (χ1v) is 14.7. The van der Waals surface area contributed by atoms with Crippen LogP contribution in [-0.2, 0) is 25.7 Å². The van der Waals surface area contributed by atoms with E-state index in [9.17, 15) is 19.5 Å². The number of hydrogen-bond acceptors (Lipinski definition) is 5. The number of nitrogens with zero attached hydrogens (tertiary/aromatic N) is 1. The lowest BCUT2D eigenvalue weighted by Gasteiger charge is -2.30. The molecule has 2 N–H and O–H groups in total. The summed E-state index contributed by atoms with van der Waals surface area (Å²) < 4.78 is 11.8. The van der Waals surface area contributed by atoms with Crippen LogP contribution in [0.2, 0.25) is 0 Å². The smallest absolute Gasteiger partial charge is 0.407 e. The fourth-order valence-corrected chi connectivity index (χ4v) is 7.05. The summed E-state index contributed by atoms with van der Waals surface area (Å²) >= 11 is 0. The second-order valence-electron chi connectivity index (χ2n) is 11.7. The first-order chi connectivity index (χ1) is 20.4. The van der Waals surface area contributed by atoms with Gasteiger partial charge in [0.1, 0.15) is 12.6 Å². The second-order valence-corrected chi connectivity index (χ2v) is 11.7. The zero-order valence-corrected chi connectivity index (χ0v) is 23.7. The molecule has 8 heteroatoms. The number of carbonyl (C=O) groups excluding carboxylic acids is 2. The molecule has 218 valence electrons. The van der Waals surface area contributed by atoms with Crippen LogP contribution in [0.5, 0.6) is 0 Å². The molecule has 0 bridgehead atoms. The van der Waals surface area contributed by atoms with Crippen molar-refractivity contribution in [3.8, 4) is 11.1 Å². The summed E-state index contributed by atoms with van der Waals surface area (Å²) in [6.07, 6.45) is 0.788. The van der Waals surface area contributed by atoms with Crippen molar-refractivity contribution in [2.45, 2.75) is 50.9 Å². The number of likely N-dealkylation sites (tertiary alicyclic amines) is 1. The Labute approximate surface area is 245 Å². The molecule has 3 aromatic rings. The van der Waals surface area contributed by atoms with Crippen molar-refractivity contribution in [1.29, 1.82) is 0 Å². The molecule has 1 heterocycles. The van der Waals surface area contributed by atoms with E-state index in [1.54, 1.807) is 11.8 Å². The van der Waals surface area contributed by atoms with E-state index in [1.165, 1.54) is 0 Å². The van der Waals surface area contributed by atoms with Gasteiger partial charge in [-0.15, -0.1) is 0 Å². The summed E-state index contributed by atoms with van der Waals surface area (Å²) in [5, 5.41) is 12.8. The van der Waals surface area contributed by atoms with E-state index in [0.717, 1.165) is 40.7 Å². The first kappa shape index (κ1) is 28.0. The van der Waals surface area contributed by atoms with Crippen molar-refractivity contribution < 1.29 is 29.0 Å². The molecular formula is C34H36N2O6. The number of benzene rings is 3. The van der Waals surface area contributed by atoms with Crippen molar-refractivity contribution in [1.82, 2.24) is 10.2 Å². The largest absolute Gasteiger partial charge is 0.481 e. The van der Waals surface area contributed by atoms with Crippen LogP contribution < -0.4 is 5.32 Å². The highest BCUT2D eigenvalue weighted by molar-refractivity contribution is 5.88. The molecule has 0 aromatic heterocycles. The summed E-state index contributed by atoms with van der Waals surface area (Å²) in [5.74, 6) is -1.40. The van der Waals surface area contributed by atoms with Crippen LogP contribution in [-0.4, -0.2) is 59.8 Å². The molecule has 1 aliphatic heterocycles. The number of aliphatic carboxylic acids is 1. The van der Waals surface area contributed by atoms with Gasteiger partial charge in [0.15, 0.2) is 0 Å². The number of carboxylic acids is 1. The average Bonchev–Trinajstić information content (AvgIpc) is 3.68. The quantitative estimate of drug-likeness (QED) is 0.367. The number of ether oxygens (including phenoxy) is 2. The summed E-state index contributed by atoms with van der Waals surface area (Å²) in [4.78, 5) is 41.0. The molecule has 0 spiro atoms. The van der Waals surface area contributed by atoms with E-state index < -0.39 is 29.6 Å². The third kappa shape index (κ3) is 5.15. The maximum atomic E-state index is 13.9. The number of nitrogens with one attached hydrogen (secondary N) is 1. The van der Waals surface area contributed by atoms with Crippen molar-refractivity contribution in [3.63, 3.8) is 0 Å². The molecule has 2 amide bonds. The number of carboxylic acid groups (broad SMARTS) is 1. The summed E-state index contributed by atoms with van der Waals surface area (Å²) in [5.41, 5.74) is 4.48. The standard InChI is InChI=1S/C34H36N2O6/c1-22(41-19-23-10-3-2-4-11-23)30(31(37)36-18-24-12-9-17-34(24,21-36)32(38)39)35-33(40)42-20-29-27-15-7-5-13-25(27)26-14-6-8-16-28(26)29/h2-8,10-11,13-16,22,24,29-30H,9,12,17-21H2,1H3,(H,35,40)(H,38,39)/t22-,24?,30+,34?/m0/s1. The Balaban J connectivity index is 1.17. The van der Waals surface area contributed by atoms with Crippen molar-refractivity contribution in [2.75, 3.05) is 19.7 Å². The van der Waals surface area contributed by atoms with Gasteiger partial charge in [0.05, 0.1) is 18.1 Å². The van der Waals surface area contributed by atoms with Crippen molar-refractivity contribution in [2.24, 2.45) is 11.3 Å². The third-order valence-corrected chi connectivity index (χ3v) is 9.32. The highest BCUT2D eigenvalue weighted by atomic mass is 16.5. The van der Waals surface area contributed by atoms with Crippen LogP contribution in [0.1, 0.15) is 48.8 Å². The molecular weight excluding hydrogens is 532 g/mol. The number of fused-ring (bicyclic) bond motifs is 4. The van der Waals surface area contributed by atoms with Gasteiger partial charge < -0.3 is 24.8 Å². The molecule has 1 saturated carbocycles. The molecule has 3 aliphatic rings. The van der Waals surface area contributed by atoms with Gasteiger partial charge >= 0.3 is 12.1 Å². The topological polar surface area (TPSA) is 105 Å². The summed E-state index contributed by atoms with van der Waals surface area (Å²) in [7, 11) is 0. The zero-order chi connectivity index (χ0) is 29.3. The average molecular weight is 569 g/mol. The highest BCUT2D eigenvalue weighted by Gasteiger charge is 2.56. The maximum Gasteiger partial charge on any atom is 0.407 e. The SMILES string of the molecule is C[C@H](OCc1ccccc1)[C@@H](NC(=O)OCC1c2ccccc2-c2ccccc21)C(=O)N1CC2CCCC2(C(=O)O)C1. The molecule has 4 atom stereocenters. The number of rotatable bonds is 9. The van der Waals surface area contributed by atoms with Gasteiger partial charge in [-0.3, -0.25) is 9.59 Å². The molecule has 42 heavy (non-hydrogen) atoms. The van der Waals surface area contributed by atoms with Gasteiger partial charge in [-0.05, 0) is 53.5 Å². The van der Waals surface area contributed by atoms with Crippen LogP contribution in [0, 0.1) is 11.3 Å². The minimum absolute atomic E-state index is 0.0883. The Morgan fingerprint density at radius 2 is 1.62 bits per heavy atom. The van der Waals surface area contributed by atoms with Gasteiger partial charge in [-0.2, -0.15) is 0 Å². The van der Waals surface area contributed by atoms with Gasteiger partial charge in [0.25, 0.3) is 0 Å². The van der Waals surface area contributed by atoms with E-state index in [0.29, 0.717) is 13.0 Å². The molecule has 2 fully saturated rings. The van der Waals surface area contributed by atoms with Gasteiger partial charge in [0, 0.05) is 19.0 Å². The first-order valence-electron chi connectivity index (χ1n) is 14.7. The fraction of sp³-hybridized carbons (Fsp3) is 0.382. The number of amides is 2. The summed E-state index contributed by atoms with van der Waals surface area (Å²) in [6, 6.07) is 24.8. The number of alkyl carbamates (subject to hydrolysis) is 1. The van der Waals surface area contributed by atoms with E-state index >= 15 is 0 Å². The third-order valence-electron chi connectivity index (χ3n) is 9.32. The Kier molecular flexibility index (Phi) is 7.73.